The van der Waals surface area contributed by atoms with Gasteiger partial charge in [-0.05, 0) is 23.8 Å². The van der Waals surface area contributed by atoms with Crippen LogP contribution in [0.4, 0.5) is 0 Å². The molecule has 6 rings (SSSR count). The number of para-hydroxylation sites is 2. The minimum absolute atomic E-state index is 0.161. The summed E-state index contributed by atoms with van der Waals surface area (Å²) in [5.41, 5.74) is 11.3. The van der Waals surface area contributed by atoms with Crippen LogP contribution in [0.1, 0.15) is 22.3 Å². The number of imide groups is 1. The number of hydrogen-bond acceptors (Lipinski definition) is 4. The molecule has 0 radical (unpaired) electrons. The number of aromatic nitrogens is 2. The third-order valence-electron chi connectivity index (χ3n) is 6.88. The molecule has 4 N–H and O–H groups in total. The van der Waals surface area contributed by atoms with E-state index in [1.807, 2.05) is 89.2 Å². The highest BCUT2D eigenvalue weighted by molar-refractivity contribution is 6.50. The summed E-state index contributed by atoms with van der Waals surface area (Å²) < 4.78 is 4.00. The fourth-order valence-electron chi connectivity index (χ4n) is 5.16. The first-order valence-electron chi connectivity index (χ1n) is 11.7. The van der Waals surface area contributed by atoms with Crippen molar-refractivity contribution in [3.63, 3.8) is 0 Å². The number of rotatable bonds is 5. The van der Waals surface area contributed by atoms with E-state index in [4.69, 9.17) is 5.73 Å². The molecule has 0 atom stereocenters. The maximum absolute atomic E-state index is 13.2. The van der Waals surface area contributed by atoms with Gasteiger partial charge in [-0.3, -0.25) is 14.9 Å². The lowest BCUT2D eigenvalue weighted by Gasteiger charge is -2.08. The van der Waals surface area contributed by atoms with Gasteiger partial charge in [0.1, 0.15) is 5.75 Å². The second kappa shape index (κ2) is 8.25. The van der Waals surface area contributed by atoms with Crippen molar-refractivity contribution in [1.82, 2.24) is 14.5 Å². The van der Waals surface area contributed by atoms with Crippen LogP contribution in [-0.2, 0) is 29.7 Å². The van der Waals surface area contributed by atoms with Crippen LogP contribution in [0.2, 0.25) is 0 Å². The molecule has 5 aromatic rings. The Balaban J connectivity index is 1.56. The molecule has 0 saturated heterocycles. The summed E-state index contributed by atoms with van der Waals surface area (Å²) in [6.45, 7) is 0.738. The van der Waals surface area contributed by atoms with E-state index in [1.54, 1.807) is 6.07 Å². The molecule has 3 heterocycles. The molecule has 0 bridgehead atoms. The number of hydrogen-bond donors (Lipinski definition) is 3. The van der Waals surface area contributed by atoms with E-state index in [-0.39, 0.29) is 12.3 Å². The Morgan fingerprint density at radius 3 is 2.11 bits per heavy atom. The highest BCUT2D eigenvalue weighted by atomic mass is 16.3. The Bertz CT molecular complexity index is 1740. The molecular weight excluding hydrogens is 452 g/mol. The summed E-state index contributed by atoms with van der Waals surface area (Å²) in [6.07, 6.45) is 3.82. The van der Waals surface area contributed by atoms with Crippen LogP contribution in [0.3, 0.4) is 0 Å². The monoisotopic (exact) mass is 476 g/mol. The number of nitrogens with one attached hydrogen (secondary N) is 1. The van der Waals surface area contributed by atoms with Gasteiger partial charge in [-0.1, -0.05) is 48.5 Å². The third-order valence-corrected chi connectivity index (χ3v) is 6.88. The first-order valence-corrected chi connectivity index (χ1v) is 11.7. The van der Waals surface area contributed by atoms with E-state index in [2.05, 4.69) is 5.32 Å². The van der Waals surface area contributed by atoms with Gasteiger partial charge in [0, 0.05) is 71.0 Å². The summed E-state index contributed by atoms with van der Waals surface area (Å²) >= 11 is 0. The van der Waals surface area contributed by atoms with Gasteiger partial charge in [-0.15, -0.1) is 0 Å². The van der Waals surface area contributed by atoms with Gasteiger partial charge >= 0.3 is 0 Å². The van der Waals surface area contributed by atoms with Gasteiger partial charge < -0.3 is 20.0 Å². The van der Waals surface area contributed by atoms with Crippen LogP contribution in [0.5, 0.6) is 5.75 Å². The fourth-order valence-corrected chi connectivity index (χ4v) is 5.16. The molecule has 1 aliphatic rings. The largest absolute Gasteiger partial charge is 0.508 e. The van der Waals surface area contributed by atoms with Gasteiger partial charge in [0.05, 0.1) is 11.1 Å². The lowest BCUT2D eigenvalue weighted by Crippen LogP contribution is -2.22. The zero-order chi connectivity index (χ0) is 25.0. The summed E-state index contributed by atoms with van der Waals surface area (Å²) in [7, 11) is 1.93. The van der Waals surface area contributed by atoms with Gasteiger partial charge in [0.15, 0.2) is 0 Å². The molecule has 2 aromatic heterocycles. The molecule has 0 spiro atoms. The van der Waals surface area contributed by atoms with Crippen molar-refractivity contribution in [3.8, 4) is 5.75 Å². The first-order chi connectivity index (χ1) is 17.5. The first kappa shape index (κ1) is 21.9. The lowest BCUT2D eigenvalue weighted by molar-refractivity contribution is -0.122. The van der Waals surface area contributed by atoms with E-state index < -0.39 is 11.8 Å². The third kappa shape index (κ3) is 3.32. The Hall–Kier alpha value is -4.62. The molecule has 178 valence electrons. The number of phenolic OH excluding ortho intramolecular Hbond substituents is 1. The summed E-state index contributed by atoms with van der Waals surface area (Å²) in [6, 6.07) is 21.1. The van der Waals surface area contributed by atoms with Crippen molar-refractivity contribution >= 4 is 44.8 Å². The average molecular weight is 477 g/mol. The quantitative estimate of drug-likeness (QED) is 0.335. The van der Waals surface area contributed by atoms with Crippen molar-refractivity contribution in [2.24, 2.45) is 12.8 Å². The normalized spacial score (nSPS) is 13.8. The van der Waals surface area contributed by atoms with E-state index in [9.17, 15) is 14.7 Å². The predicted octanol–water partition coefficient (Wildman–Crippen LogP) is 3.91. The van der Waals surface area contributed by atoms with Crippen molar-refractivity contribution < 1.29 is 14.7 Å². The molecule has 0 saturated carbocycles. The van der Waals surface area contributed by atoms with E-state index in [0.29, 0.717) is 28.8 Å². The van der Waals surface area contributed by atoms with Crippen LogP contribution in [0.25, 0.3) is 33.0 Å². The molecule has 1 aliphatic heterocycles. The minimum atomic E-state index is -0.407. The topological polar surface area (TPSA) is 102 Å². The Labute approximate surface area is 207 Å². The van der Waals surface area contributed by atoms with Crippen molar-refractivity contribution in [1.29, 1.82) is 0 Å². The van der Waals surface area contributed by atoms with Crippen LogP contribution >= 0.6 is 0 Å². The Kier molecular flexibility index (Phi) is 5.01. The van der Waals surface area contributed by atoms with Gasteiger partial charge in [0.25, 0.3) is 11.8 Å². The van der Waals surface area contributed by atoms with E-state index >= 15 is 0 Å². The van der Waals surface area contributed by atoms with E-state index in [0.717, 1.165) is 32.9 Å². The number of aryl methyl sites for hydroxylation is 1. The zero-order valence-corrected chi connectivity index (χ0v) is 19.7. The Morgan fingerprint density at radius 1 is 0.833 bits per heavy atom. The number of aromatic hydroxyl groups is 1. The van der Waals surface area contributed by atoms with Crippen molar-refractivity contribution in [3.05, 3.63) is 101 Å². The molecule has 0 aliphatic carbocycles. The van der Waals surface area contributed by atoms with Crippen LogP contribution in [0.15, 0.2) is 79.1 Å². The molecule has 3 aromatic carbocycles. The summed E-state index contributed by atoms with van der Waals surface area (Å²) in [5, 5.41) is 14.6. The number of benzene rings is 3. The smallest absolute Gasteiger partial charge is 0.259 e. The lowest BCUT2D eigenvalue weighted by atomic mass is 9.95. The predicted molar refractivity (Wildman–Crippen MR) is 140 cm³/mol. The molecule has 7 nitrogen and oxygen atoms in total. The second-order valence-electron chi connectivity index (χ2n) is 9.06. The molecular formula is C29H24N4O3. The fraction of sp³-hybridized carbons (Fsp3) is 0.103. The maximum atomic E-state index is 13.2. The maximum Gasteiger partial charge on any atom is 0.259 e. The minimum Gasteiger partial charge on any atom is -0.508 e. The van der Waals surface area contributed by atoms with E-state index in [1.165, 1.54) is 0 Å². The molecule has 2 amide bonds. The van der Waals surface area contributed by atoms with Crippen molar-refractivity contribution in [2.45, 2.75) is 13.1 Å². The summed E-state index contributed by atoms with van der Waals surface area (Å²) in [5.74, 6) is -0.644. The number of nitrogens with two attached hydrogens (primary N) is 1. The molecule has 7 heteroatoms. The number of carbonyl (C=O) groups excluding carboxylic acids is 2. The number of carbonyl (C=O) groups is 2. The van der Waals surface area contributed by atoms with Crippen LogP contribution in [-0.4, -0.2) is 26.1 Å². The molecule has 0 unspecified atom stereocenters. The highest BCUT2D eigenvalue weighted by Crippen LogP contribution is 2.39. The average Bonchev–Trinajstić information content (AvgIpc) is 3.50. The molecule has 36 heavy (non-hydrogen) atoms. The second-order valence-corrected chi connectivity index (χ2v) is 9.06. The molecule has 0 fully saturated rings. The van der Waals surface area contributed by atoms with Crippen LogP contribution < -0.4 is 11.1 Å². The van der Waals surface area contributed by atoms with Crippen molar-refractivity contribution in [2.75, 3.05) is 0 Å². The number of amides is 2. The van der Waals surface area contributed by atoms with Gasteiger partial charge in [-0.25, -0.2) is 0 Å². The number of phenols is 1. The zero-order valence-electron chi connectivity index (χ0n) is 19.7. The Morgan fingerprint density at radius 2 is 1.44 bits per heavy atom. The SMILES string of the molecule is Cn1cc(C2=C(c3cn(Cc4ccc(CN)c(O)c4)c4ccccc34)C(=O)NC2=O)c2ccccc21. The van der Waals surface area contributed by atoms with Gasteiger partial charge in [0.2, 0.25) is 0 Å². The van der Waals surface area contributed by atoms with Gasteiger partial charge in [-0.2, -0.15) is 0 Å². The number of nitrogens with zero attached hydrogens (tertiary/aromatic N) is 2. The number of fused-ring (bicyclic) bond motifs is 2. The summed E-state index contributed by atoms with van der Waals surface area (Å²) in [4.78, 5) is 26.3. The van der Waals surface area contributed by atoms with Crippen LogP contribution in [0, 0.1) is 0 Å². The highest BCUT2D eigenvalue weighted by Gasteiger charge is 2.35. The standard InChI is InChI=1S/C29H24N4O3/c1-32-15-21(19-6-2-4-8-23(19)32)26-27(29(36)31-28(26)35)22-16-33(24-9-5-3-7-20(22)24)14-17-10-11-18(13-30)25(34)12-17/h2-12,15-16,34H,13-14,30H2,1H3,(H,31,35,36).